The van der Waals surface area contributed by atoms with Crippen LogP contribution in [0.2, 0.25) is 0 Å². The molecule has 0 aromatic carbocycles. The molecule has 16 heavy (non-hydrogen) atoms. The van der Waals surface area contributed by atoms with Gasteiger partial charge in [-0.3, -0.25) is 4.79 Å². The van der Waals surface area contributed by atoms with E-state index in [4.69, 9.17) is 4.74 Å². The van der Waals surface area contributed by atoms with Crippen LogP contribution in [-0.2, 0) is 9.53 Å². The molecule has 3 atom stereocenters. The summed E-state index contributed by atoms with van der Waals surface area (Å²) in [5, 5.41) is 3.21. The fourth-order valence-electron chi connectivity index (χ4n) is 3.36. The smallest absolute Gasteiger partial charge is 0.223 e. The third-order valence-corrected chi connectivity index (χ3v) is 4.48. The van der Waals surface area contributed by atoms with Gasteiger partial charge in [-0.25, -0.2) is 0 Å². The zero-order valence-corrected chi connectivity index (χ0v) is 10.00. The van der Waals surface area contributed by atoms with Crippen molar-refractivity contribution in [2.24, 2.45) is 17.8 Å². The van der Waals surface area contributed by atoms with Gasteiger partial charge in [-0.1, -0.05) is 0 Å². The van der Waals surface area contributed by atoms with E-state index < -0.39 is 0 Å². The summed E-state index contributed by atoms with van der Waals surface area (Å²) in [7, 11) is 0. The molecule has 90 valence electrons. The van der Waals surface area contributed by atoms with Crippen LogP contribution in [0.5, 0.6) is 0 Å². The standard InChI is InChI=1S/C13H21NO2/c1-13(3-2-4-16-8-13)14-12(15)11-6-9-5-10(9)7-11/h9-11H,2-8H2,1H3,(H,14,15). The van der Waals surface area contributed by atoms with Crippen LogP contribution in [0.1, 0.15) is 39.0 Å². The Hall–Kier alpha value is -0.570. The van der Waals surface area contributed by atoms with Gasteiger partial charge in [0, 0.05) is 12.5 Å². The van der Waals surface area contributed by atoms with Gasteiger partial charge in [-0.2, -0.15) is 0 Å². The Morgan fingerprint density at radius 1 is 1.31 bits per heavy atom. The highest BCUT2D eigenvalue weighted by Gasteiger charge is 2.48. The zero-order valence-electron chi connectivity index (χ0n) is 10.00. The maximum absolute atomic E-state index is 12.1. The summed E-state index contributed by atoms with van der Waals surface area (Å²) in [5.74, 6) is 2.33. The molecule has 0 aromatic rings. The fourth-order valence-corrected chi connectivity index (χ4v) is 3.36. The van der Waals surface area contributed by atoms with Gasteiger partial charge >= 0.3 is 0 Å². The van der Waals surface area contributed by atoms with E-state index in [9.17, 15) is 4.79 Å². The first kappa shape index (κ1) is 10.6. The number of ether oxygens (including phenoxy) is 1. The average molecular weight is 223 g/mol. The number of carbonyl (C=O) groups excluding carboxylic acids is 1. The first-order chi connectivity index (χ1) is 7.66. The van der Waals surface area contributed by atoms with Gasteiger partial charge in [-0.15, -0.1) is 0 Å². The van der Waals surface area contributed by atoms with Crippen molar-refractivity contribution in [3.05, 3.63) is 0 Å². The van der Waals surface area contributed by atoms with Gasteiger partial charge in [0.25, 0.3) is 0 Å². The molecular weight excluding hydrogens is 202 g/mol. The van der Waals surface area contributed by atoms with Crippen molar-refractivity contribution in [1.82, 2.24) is 5.32 Å². The van der Waals surface area contributed by atoms with Gasteiger partial charge in [-0.05, 0) is 50.9 Å². The van der Waals surface area contributed by atoms with Crippen LogP contribution < -0.4 is 5.32 Å². The van der Waals surface area contributed by atoms with Crippen molar-refractivity contribution in [2.45, 2.75) is 44.6 Å². The van der Waals surface area contributed by atoms with Crippen molar-refractivity contribution in [3.63, 3.8) is 0 Å². The number of hydrogen-bond donors (Lipinski definition) is 1. The Morgan fingerprint density at radius 3 is 2.69 bits per heavy atom. The van der Waals surface area contributed by atoms with Gasteiger partial charge in [0.15, 0.2) is 0 Å². The first-order valence-corrected chi connectivity index (χ1v) is 6.56. The summed E-state index contributed by atoms with van der Waals surface area (Å²) in [6.45, 7) is 3.64. The molecule has 1 heterocycles. The number of hydrogen-bond acceptors (Lipinski definition) is 2. The van der Waals surface area contributed by atoms with Crippen LogP contribution in [0.15, 0.2) is 0 Å². The summed E-state index contributed by atoms with van der Waals surface area (Å²) < 4.78 is 5.46. The summed E-state index contributed by atoms with van der Waals surface area (Å²) >= 11 is 0. The number of carbonyl (C=O) groups is 1. The molecule has 0 bridgehead atoms. The summed E-state index contributed by atoms with van der Waals surface area (Å²) in [4.78, 5) is 12.1. The monoisotopic (exact) mass is 223 g/mol. The Labute approximate surface area is 96.9 Å². The van der Waals surface area contributed by atoms with E-state index in [0.717, 1.165) is 44.1 Å². The van der Waals surface area contributed by atoms with E-state index >= 15 is 0 Å². The van der Waals surface area contributed by atoms with Crippen LogP contribution >= 0.6 is 0 Å². The summed E-state index contributed by atoms with van der Waals surface area (Å²) in [5.41, 5.74) is -0.109. The van der Waals surface area contributed by atoms with E-state index in [0.29, 0.717) is 12.5 Å². The Bertz CT molecular complexity index is 286. The molecule has 2 aliphatic carbocycles. The van der Waals surface area contributed by atoms with Crippen molar-refractivity contribution in [2.75, 3.05) is 13.2 Å². The van der Waals surface area contributed by atoms with E-state index in [1.165, 1.54) is 6.42 Å². The number of amides is 1. The predicted octanol–water partition coefficient (Wildman–Crippen LogP) is 1.72. The molecule has 1 aliphatic heterocycles. The van der Waals surface area contributed by atoms with E-state index in [1.807, 2.05) is 0 Å². The maximum Gasteiger partial charge on any atom is 0.223 e. The van der Waals surface area contributed by atoms with E-state index in [2.05, 4.69) is 12.2 Å². The molecule has 1 amide bonds. The maximum atomic E-state index is 12.1. The lowest BCUT2D eigenvalue weighted by Crippen LogP contribution is -2.53. The lowest BCUT2D eigenvalue weighted by atomic mass is 9.93. The topological polar surface area (TPSA) is 38.3 Å². The van der Waals surface area contributed by atoms with Crippen LogP contribution in [0.3, 0.4) is 0 Å². The zero-order chi connectivity index (χ0) is 11.2. The van der Waals surface area contributed by atoms with Crippen molar-refractivity contribution in [3.8, 4) is 0 Å². The van der Waals surface area contributed by atoms with Gasteiger partial charge in [0.2, 0.25) is 5.91 Å². The van der Waals surface area contributed by atoms with E-state index in [-0.39, 0.29) is 11.4 Å². The quantitative estimate of drug-likeness (QED) is 0.774. The van der Waals surface area contributed by atoms with Crippen molar-refractivity contribution < 1.29 is 9.53 Å². The largest absolute Gasteiger partial charge is 0.379 e. The highest BCUT2D eigenvalue weighted by molar-refractivity contribution is 5.80. The molecule has 3 rings (SSSR count). The first-order valence-electron chi connectivity index (χ1n) is 6.56. The highest BCUT2D eigenvalue weighted by atomic mass is 16.5. The highest BCUT2D eigenvalue weighted by Crippen LogP contribution is 2.54. The second kappa shape index (κ2) is 3.73. The molecule has 0 aromatic heterocycles. The molecule has 3 fully saturated rings. The SMILES string of the molecule is CC1(NC(=O)C2CC3CC3C2)CCCOC1. The lowest BCUT2D eigenvalue weighted by molar-refractivity contribution is -0.128. The molecule has 3 nitrogen and oxygen atoms in total. The average Bonchev–Trinajstić information content (AvgIpc) is 2.86. The van der Waals surface area contributed by atoms with E-state index in [1.54, 1.807) is 0 Å². The molecule has 1 N–H and O–H groups in total. The number of fused-ring (bicyclic) bond motifs is 1. The van der Waals surface area contributed by atoms with Crippen LogP contribution in [0.25, 0.3) is 0 Å². The minimum Gasteiger partial charge on any atom is -0.379 e. The summed E-state index contributed by atoms with van der Waals surface area (Å²) in [6.07, 6.45) is 5.76. The second-order valence-corrected chi connectivity index (χ2v) is 6.13. The summed E-state index contributed by atoms with van der Waals surface area (Å²) in [6, 6.07) is 0. The molecule has 3 unspecified atom stereocenters. The Balaban J connectivity index is 1.55. The van der Waals surface area contributed by atoms with Gasteiger partial charge < -0.3 is 10.1 Å². The van der Waals surface area contributed by atoms with Gasteiger partial charge in [0.05, 0.1) is 12.1 Å². The second-order valence-electron chi connectivity index (χ2n) is 6.13. The molecule has 3 heteroatoms. The molecule has 0 radical (unpaired) electrons. The molecule has 3 aliphatic rings. The third kappa shape index (κ3) is 1.97. The van der Waals surface area contributed by atoms with Crippen LogP contribution in [0, 0.1) is 17.8 Å². The number of nitrogens with one attached hydrogen (secondary N) is 1. The predicted molar refractivity (Wildman–Crippen MR) is 60.9 cm³/mol. The fraction of sp³-hybridized carbons (Fsp3) is 0.923. The minimum absolute atomic E-state index is 0.109. The Morgan fingerprint density at radius 2 is 2.06 bits per heavy atom. The van der Waals surface area contributed by atoms with Crippen molar-refractivity contribution >= 4 is 5.91 Å². The molecule has 2 saturated carbocycles. The third-order valence-electron chi connectivity index (χ3n) is 4.48. The lowest BCUT2D eigenvalue weighted by Gasteiger charge is -2.35. The van der Waals surface area contributed by atoms with Gasteiger partial charge in [0.1, 0.15) is 0 Å². The Kier molecular flexibility index (Phi) is 2.46. The van der Waals surface area contributed by atoms with Crippen LogP contribution in [0.4, 0.5) is 0 Å². The molecule has 1 saturated heterocycles. The number of rotatable bonds is 2. The van der Waals surface area contributed by atoms with Crippen molar-refractivity contribution in [1.29, 1.82) is 0 Å². The molecular formula is C13H21NO2. The minimum atomic E-state index is -0.109. The normalized spacial score (nSPS) is 46.2. The molecule has 0 spiro atoms. The van der Waals surface area contributed by atoms with Crippen LogP contribution in [-0.4, -0.2) is 24.7 Å².